The number of carbonyl (C=O) groups excluding carboxylic acids is 1. The van der Waals surface area contributed by atoms with Gasteiger partial charge in [-0.1, -0.05) is 0 Å². The fraction of sp³-hybridized carbons (Fsp3) is 0. The number of benzene rings is 2. The van der Waals surface area contributed by atoms with E-state index in [9.17, 15) is 18.0 Å². The Morgan fingerprint density at radius 3 is 2.46 bits per heavy atom. The van der Waals surface area contributed by atoms with Gasteiger partial charge in [0.25, 0.3) is 0 Å². The summed E-state index contributed by atoms with van der Waals surface area (Å²) in [6, 6.07) is 8.91. The molecule has 6 heteroatoms. The van der Waals surface area contributed by atoms with Gasteiger partial charge >= 0.3 is 0 Å². The highest BCUT2D eigenvalue weighted by Gasteiger charge is 2.08. The molecule has 3 rings (SSSR count). The summed E-state index contributed by atoms with van der Waals surface area (Å²) in [4.78, 5) is 16.3. The quantitative estimate of drug-likeness (QED) is 0.485. The second-order valence-corrected chi connectivity index (χ2v) is 5.77. The van der Waals surface area contributed by atoms with E-state index in [2.05, 4.69) is 4.98 Å². The smallest absolute Gasteiger partial charge is 0.186 e. The van der Waals surface area contributed by atoms with Crippen molar-refractivity contribution in [3.8, 4) is 10.6 Å². The molecule has 0 aliphatic carbocycles. The van der Waals surface area contributed by atoms with Gasteiger partial charge in [-0.3, -0.25) is 4.79 Å². The Morgan fingerprint density at radius 1 is 1.00 bits per heavy atom. The summed E-state index contributed by atoms with van der Waals surface area (Å²) in [5.41, 5.74) is 1.38. The zero-order valence-electron chi connectivity index (χ0n) is 12.2. The van der Waals surface area contributed by atoms with Gasteiger partial charge in [0.15, 0.2) is 17.4 Å². The molecule has 1 aromatic heterocycles. The second-order valence-electron chi connectivity index (χ2n) is 4.91. The SMILES string of the molecule is O=C(/C=C/c1csc(-c2ccc(F)cc2)n1)c1ccc(F)c(F)c1. The zero-order chi connectivity index (χ0) is 17.1. The molecule has 3 aromatic rings. The highest BCUT2D eigenvalue weighted by Crippen LogP contribution is 2.24. The molecular weight excluding hydrogens is 335 g/mol. The topological polar surface area (TPSA) is 30.0 Å². The first-order valence-electron chi connectivity index (χ1n) is 6.92. The zero-order valence-corrected chi connectivity index (χ0v) is 13.0. The lowest BCUT2D eigenvalue weighted by molar-refractivity contribution is 0.104. The van der Waals surface area contributed by atoms with E-state index in [1.807, 2.05) is 0 Å². The van der Waals surface area contributed by atoms with Crippen LogP contribution in [0.5, 0.6) is 0 Å². The van der Waals surface area contributed by atoms with E-state index in [1.165, 1.54) is 41.7 Å². The van der Waals surface area contributed by atoms with E-state index in [0.717, 1.165) is 17.7 Å². The third-order valence-corrected chi connectivity index (χ3v) is 4.13. The molecule has 0 radical (unpaired) electrons. The lowest BCUT2D eigenvalue weighted by Gasteiger charge is -1.97. The number of halogens is 3. The molecular formula is C18H10F3NOS. The molecule has 24 heavy (non-hydrogen) atoms. The molecule has 0 aliphatic heterocycles. The van der Waals surface area contributed by atoms with Crippen molar-refractivity contribution in [2.75, 3.05) is 0 Å². The highest BCUT2D eigenvalue weighted by atomic mass is 32.1. The van der Waals surface area contributed by atoms with Crippen molar-refractivity contribution in [2.24, 2.45) is 0 Å². The van der Waals surface area contributed by atoms with Crippen molar-refractivity contribution in [1.82, 2.24) is 4.98 Å². The van der Waals surface area contributed by atoms with Gasteiger partial charge in [-0.2, -0.15) is 0 Å². The molecule has 0 aliphatic rings. The van der Waals surface area contributed by atoms with Gasteiger partial charge in [-0.25, -0.2) is 18.2 Å². The Bertz CT molecular complexity index is 916. The second kappa shape index (κ2) is 6.80. The predicted molar refractivity (Wildman–Crippen MR) is 87.2 cm³/mol. The molecule has 0 N–H and O–H groups in total. The fourth-order valence-electron chi connectivity index (χ4n) is 1.99. The van der Waals surface area contributed by atoms with Crippen molar-refractivity contribution >= 4 is 23.2 Å². The van der Waals surface area contributed by atoms with Crippen LogP contribution in [0.15, 0.2) is 53.9 Å². The first-order chi connectivity index (χ1) is 11.5. The van der Waals surface area contributed by atoms with Gasteiger partial charge in [0.05, 0.1) is 5.69 Å². The number of hydrogen-bond acceptors (Lipinski definition) is 3. The molecule has 2 aromatic carbocycles. The summed E-state index contributed by atoms with van der Waals surface area (Å²) in [6.45, 7) is 0. The summed E-state index contributed by atoms with van der Waals surface area (Å²) < 4.78 is 38.9. The molecule has 0 saturated carbocycles. The Balaban J connectivity index is 1.76. The Hall–Kier alpha value is -2.73. The molecule has 120 valence electrons. The van der Waals surface area contributed by atoms with Crippen molar-refractivity contribution in [3.63, 3.8) is 0 Å². The standard InChI is InChI=1S/C18H10F3NOS/c19-13-4-1-11(2-5-13)18-22-14(10-24-18)6-8-17(23)12-3-7-15(20)16(21)9-12/h1-10H/b8-6+. The van der Waals surface area contributed by atoms with Crippen molar-refractivity contribution in [3.05, 3.63) is 82.6 Å². The molecule has 0 spiro atoms. The largest absolute Gasteiger partial charge is 0.289 e. The number of thiazole rings is 1. The summed E-state index contributed by atoms with van der Waals surface area (Å²) in [6.07, 6.45) is 2.74. The third kappa shape index (κ3) is 3.60. The molecule has 0 bridgehead atoms. The van der Waals surface area contributed by atoms with Gasteiger partial charge in [0.2, 0.25) is 0 Å². The number of hydrogen-bond donors (Lipinski definition) is 0. The number of nitrogens with zero attached hydrogens (tertiary/aromatic N) is 1. The molecule has 0 atom stereocenters. The maximum atomic E-state index is 13.1. The minimum absolute atomic E-state index is 0.0548. The van der Waals surface area contributed by atoms with Crippen molar-refractivity contribution in [2.45, 2.75) is 0 Å². The lowest BCUT2D eigenvalue weighted by atomic mass is 10.1. The maximum Gasteiger partial charge on any atom is 0.186 e. The van der Waals surface area contributed by atoms with Crippen LogP contribution in [0.1, 0.15) is 16.1 Å². The molecule has 0 unspecified atom stereocenters. The summed E-state index contributed by atoms with van der Waals surface area (Å²) in [7, 11) is 0. The van der Waals surface area contributed by atoms with E-state index < -0.39 is 17.4 Å². The number of carbonyl (C=O) groups is 1. The van der Waals surface area contributed by atoms with E-state index in [4.69, 9.17) is 0 Å². The number of allylic oxidation sites excluding steroid dienone is 1. The molecule has 1 heterocycles. The van der Waals surface area contributed by atoms with Crippen molar-refractivity contribution < 1.29 is 18.0 Å². The van der Waals surface area contributed by atoms with Crippen LogP contribution in [0.4, 0.5) is 13.2 Å². The molecule has 0 saturated heterocycles. The fourth-order valence-corrected chi connectivity index (χ4v) is 2.79. The lowest BCUT2D eigenvalue weighted by Crippen LogP contribution is -1.96. The first kappa shape index (κ1) is 16.1. The van der Waals surface area contributed by atoms with Crippen LogP contribution >= 0.6 is 11.3 Å². The highest BCUT2D eigenvalue weighted by molar-refractivity contribution is 7.13. The Labute approximate surface area is 139 Å². The van der Waals surface area contributed by atoms with Crippen LogP contribution in [0, 0.1) is 17.5 Å². The minimum atomic E-state index is -1.07. The predicted octanol–water partition coefficient (Wildman–Crippen LogP) is 5.12. The monoisotopic (exact) mass is 345 g/mol. The summed E-state index contributed by atoms with van der Waals surface area (Å²) in [5.74, 6) is -2.85. The number of ketones is 1. The normalized spacial score (nSPS) is 11.1. The summed E-state index contributed by atoms with van der Waals surface area (Å²) >= 11 is 1.35. The van der Waals surface area contributed by atoms with Gasteiger partial charge < -0.3 is 0 Å². The van der Waals surface area contributed by atoms with Gasteiger partial charge in [0.1, 0.15) is 10.8 Å². The van der Waals surface area contributed by atoms with Crippen LogP contribution in [0.3, 0.4) is 0 Å². The Kier molecular flexibility index (Phi) is 4.57. The maximum absolute atomic E-state index is 13.1. The van der Waals surface area contributed by atoms with E-state index in [1.54, 1.807) is 17.5 Å². The number of rotatable bonds is 4. The molecule has 2 nitrogen and oxygen atoms in total. The summed E-state index contributed by atoms with van der Waals surface area (Å²) in [5, 5.41) is 2.43. The first-order valence-corrected chi connectivity index (χ1v) is 7.80. The van der Waals surface area contributed by atoms with Gasteiger partial charge in [-0.15, -0.1) is 11.3 Å². The van der Waals surface area contributed by atoms with Crippen LogP contribution in [0.25, 0.3) is 16.6 Å². The molecule has 0 amide bonds. The van der Waals surface area contributed by atoms with Gasteiger partial charge in [-0.05, 0) is 54.6 Å². The van der Waals surface area contributed by atoms with Gasteiger partial charge in [0, 0.05) is 16.5 Å². The van der Waals surface area contributed by atoms with Crippen LogP contribution in [-0.2, 0) is 0 Å². The minimum Gasteiger partial charge on any atom is -0.289 e. The molecule has 0 fully saturated rings. The van der Waals surface area contributed by atoms with Crippen molar-refractivity contribution in [1.29, 1.82) is 0 Å². The van der Waals surface area contributed by atoms with E-state index in [-0.39, 0.29) is 11.4 Å². The third-order valence-electron chi connectivity index (χ3n) is 3.22. The van der Waals surface area contributed by atoms with E-state index in [0.29, 0.717) is 10.7 Å². The van der Waals surface area contributed by atoms with Crippen LogP contribution in [0.2, 0.25) is 0 Å². The van der Waals surface area contributed by atoms with Crippen LogP contribution in [-0.4, -0.2) is 10.8 Å². The average Bonchev–Trinajstić information content (AvgIpc) is 3.05. The average molecular weight is 345 g/mol. The van der Waals surface area contributed by atoms with E-state index >= 15 is 0 Å². The number of aromatic nitrogens is 1. The Morgan fingerprint density at radius 2 is 1.75 bits per heavy atom. The van der Waals surface area contributed by atoms with Crippen LogP contribution < -0.4 is 0 Å².